The van der Waals surface area contributed by atoms with Crippen molar-refractivity contribution in [1.29, 1.82) is 0 Å². The maximum absolute atomic E-state index is 6.28. The van der Waals surface area contributed by atoms with Crippen LogP contribution in [0.5, 0.6) is 0 Å². The molecule has 1 rings (SSSR count). The van der Waals surface area contributed by atoms with Gasteiger partial charge in [0, 0.05) is 27.4 Å². The van der Waals surface area contributed by atoms with Gasteiger partial charge in [-0.15, -0.1) is 0 Å². The fourth-order valence-corrected chi connectivity index (χ4v) is 29.5. The molecule has 1 aliphatic heterocycles. The fourth-order valence-electron chi connectivity index (χ4n) is 2.63. The molecule has 102 valence electrons. The first-order valence-corrected chi connectivity index (χ1v) is 15.9. The molecule has 1 saturated heterocycles. The second-order valence-electron chi connectivity index (χ2n) is 5.83. The molecular weight excluding hydrogens is 268 g/mol. The van der Waals surface area contributed by atoms with E-state index >= 15 is 0 Å². The van der Waals surface area contributed by atoms with Crippen LogP contribution in [0.3, 0.4) is 0 Å². The van der Waals surface area contributed by atoms with Crippen LogP contribution in [0.25, 0.3) is 0 Å². The number of methoxy groups -OCH3 is 1. The largest absolute Gasteiger partial charge is 0.423 e. The molecule has 0 aliphatic carbocycles. The predicted molar refractivity (Wildman–Crippen MR) is 76.0 cm³/mol. The average molecular weight is 295 g/mol. The molecule has 0 aromatic heterocycles. The maximum atomic E-state index is 6.28. The predicted octanol–water partition coefficient (Wildman–Crippen LogP) is 2.18. The van der Waals surface area contributed by atoms with Crippen molar-refractivity contribution in [3.8, 4) is 0 Å². The zero-order chi connectivity index (χ0) is 13.5. The van der Waals surface area contributed by atoms with Gasteiger partial charge in [0.25, 0.3) is 0 Å². The molecule has 0 spiro atoms. The smallest absolute Gasteiger partial charge is 0.315 e. The van der Waals surface area contributed by atoms with Crippen molar-refractivity contribution < 1.29 is 18.0 Å². The second-order valence-corrected chi connectivity index (χ2v) is 29.7. The summed E-state index contributed by atoms with van der Waals surface area (Å²) in [6, 6.07) is 0.887. The molecule has 0 aromatic rings. The van der Waals surface area contributed by atoms with Crippen LogP contribution in [0.15, 0.2) is 0 Å². The molecule has 4 nitrogen and oxygen atoms in total. The topological polar surface area (TPSA) is 36.9 Å². The third-order valence-corrected chi connectivity index (χ3v) is 39.2. The first-order chi connectivity index (χ1) is 7.60. The lowest BCUT2D eigenvalue weighted by atomic mass is 10.4. The zero-order valence-corrected chi connectivity index (χ0v) is 15.3. The zero-order valence-electron chi connectivity index (χ0n) is 12.3. The molecule has 3 atom stereocenters. The summed E-state index contributed by atoms with van der Waals surface area (Å²) in [5, 5.41) is 0. The SMILES string of the molecule is COC1(C)C[Si](C)(OC)[Si](C)(C)[Si](C)(OC)O1. The average Bonchev–Trinajstić information content (AvgIpc) is 2.26. The lowest BCUT2D eigenvalue weighted by Crippen LogP contribution is -2.81. The van der Waals surface area contributed by atoms with E-state index in [1.807, 2.05) is 14.0 Å². The third-order valence-electron chi connectivity index (χ3n) is 4.80. The van der Waals surface area contributed by atoms with Crippen LogP contribution in [0.1, 0.15) is 6.92 Å². The monoisotopic (exact) mass is 294 g/mol. The van der Waals surface area contributed by atoms with Crippen LogP contribution in [-0.4, -0.2) is 50.1 Å². The summed E-state index contributed by atoms with van der Waals surface area (Å²) < 4.78 is 23.7. The lowest BCUT2D eigenvalue weighted by molar-refractivity contribution is -0.152. The molecule has 7 heteroatoms. The molecule has 0 amide bonds. The van der Waals surface area contributed by atoms with E-state index < -0.39 is 28.8 Å². The Balaban J connectivity index is 3.25. The minimum Gasteiger partial charge on any atom is -0.423 e. The molecule has 17 heavy (non-hydrogen) atoms. The molecule has 1 fully saturated rings. The maximum Gasteiger partial charge on any atom is 0.315 e. The van der Waals surface area contributed by atoms with E-state index in [0.717, 1.165) is 6.04 Å². The molecule has 1 aliphatic rings. The third kappa shape index (κ3) is 2.22. The Kier molecular flexibility index (Phi) is 4.16. The van der Waals surface area contributed by atoms with Gasteiger partial charge in [-0.3, -0.25) is 0 Å². The van der Waals surface area contributed by atoms with Gasteiger partial charge in [-0.2, -0.15) is 0 Å². The van der Waals surface area contributed by atoms with Crippen LogP contribution in [0.4, 0.5) is 0 Å². The van der Waals surface area contributed by atoms with Gasteiger partial charge >= 0.3 is 8.08 Å². The van der Waals surface area contributed by atoms with E-state index in [9.17, 15) is 0 Å². The van der Waals surface area contributed by atoms with Crippen molar-refractivity contribution >= 4 is 23.0 Å². The van der Waals surface area contributed by atoms with Crippen LogP contribution < -0.4 is 0 Å². The van der Waals surface area contributed by atoms with E-state index in [2.05, 4.69) is 26.2 Å². The van der Waals surface area contributed by atoms with Gasteiger partial charge < -0.3 is 18.0 Å². The highest BCUT2D eigenvalue weighted by Gasteiger charge is 2.68. The number of rotatable bonds is 3. The molecule has 0 aromatic carbocycles. The van der Waals surface area contributed by atoms with E-state index in [0.29, 0.717) is 0 Å². The lowest BCUT2D eigenvalue weighted by Gasteiger charge is -2.56. The van der Waals surface area contributed by atoms with Crippen LogP contribution in [-0.2, 0) is 18.0 Å². The van der Waals surface area contributed by atoms with Crippen LogP contribution in [0, 0.1) is 0 Å². The van der Waals surface area contributed by atoms with Gasteiger partial charge in [0.05, 0.1) is 0 Å². The highest BCUT2D eigenvalue weighted by atomic mass is 29.7. The van der Waals surface area contributed by atoms with Gasteiger partial charge in [-0.1, -0.05) is 13.1 Å². The van der Waals surface area contributed by atoms with E-state index in [-0.39, 0.29) is 0 Å². The van der Waals surface area contributed by atoms with E-state index in [4.69, 9.17) is 18.0 Å². The summed E-state index contributed by atoms with van der Waals surface area (Å²) >= 11 is 0. The van der Waals surface area contributed by atoms with Crippen LogP contribution in [0.2, 0.25) is 32.2 Å². The second kappa shape index (κ2) is 4.55. The Bertz CT molecular complexity index is 277. The first-order valence-electron chi connectivity index (χ1n) is 5.95. The van der Waals surface area contributed by atoms with Crippen molar-refractivity contribution in [3.63, 3.8) is 0 Å². The Morgan fingerprint density at radius 2 is 1.53 bits per heavy atom. The minimum absolute atomic E-state index is 0.545. The molecular formula is C10H26O4Si3. The van der Waals surface area contributed by atoms with Crippen LogP contribution >= 0.6 is 0 Å². The summed E-state index contributed by atoms with van der Waals surface area (Å²) in [6.07, 6.45) is 0. The van der Waals surface area contributed by atoms with Crippen molar-refractivity contribution in [2.45, 2.75) is 44.9 Å². The molecule has 0 radical (unpaired) electrons. The highest BCUT2D eigenvalue weighted by Crippen LogP contribution is 2.44. The van der Waals surface area contributed by atoms with Crippen molar-refractivity contribution in [1.82, 2.24) is 0 Å². The molecule has 0 N–H and O–H groups in total. The quantitative estimate of drug-likeness (QED) is 0.748. The van der Waals surface area contributed by atoms with E-state index in [1.54, 1.807) is 14.2 Å². The molecule has 0 saturated carbocycles. The molecule has 3 unspecified atom stereocenters. The van der Waals surface area contributed by atoms with Gasteiger partial charge in [0.15, 0.2) is 13.6 Å². The highest BCUT2D eigenvalue weighted by molar-refractivity contribution is 7.65. The van der Waals surface area contributed by atoms with Crippen molar-refractivity contribution in [2.24, 2.45) is 0 Å². The Morgan fingerprint density at radius 3 is 1.88 bits per heavy atom. The minimum atomic E-state index is -2.20. The summed E-state index contributed by atoms with van der Waals surface area (Å²) in [7, 11) is -0.383. The number of ether oxygens (including phenoxy) is 1. The standard InChI is InChI=1S/C10H26O4Si3/c1-10(11-2)9-16(7,12-3)15(5,6)17(8,13-4)14-10/h9H2,1-8H3. The summed E-state index contributed by atoms with van der Waals surface area (Å²) in [5.41, 5.74) is 0. The Labute approximate surface area is 108 Å². The van der Waals surface area contributed by atoms with Gasteiger partial charge in [0.1, 0.15) is 7.11 Å². The summed E-state index contributed by atoms with van der Waals surface area (Å²) in [6.45, 7) is 11.2. The summed E-state index contributed by atoms with van der Waals surface area (Å²) in [4.78, 5) is 0. The first kappa shape index (κ1) is 15.5. The molecule has 1 heterocycles. The van der Waals surface area contributed by atoms with Crippen molar-refractivity contribution in [2.75, 3.05) is 21.3 Å². The van der Waals surface area contributed by atoms with Crippen molar-refractivity contribution in [3.05, 3.63) is 0 Å². The van der Waals surface area contributed by atoms with Gasteiger partial charge in [-0.25, -0.2) is 0 Å². The number of hydrogen-bond acceptors (Lipinski definition) is 4. The Hall–Kier alpha value is 0.491. The van der Waals surface area contributed by atoms with E-state index in [1.165, 1.54) is 0 Å². The normalized spacial score (nSPS) is 45.9. The number of hydrogen-bond donors (Lipinski definition) is 0. The Morgan fingerprint density at radius 1 is 1.00 bits per heavy atom. The van der Waals surface area contributed by atoms with Gasteiger partial charge in [-0.05, 0) is 20.0 Å². The summed E-state index contributed by atoms with van der Waals surface area (Å²) in [5.74, 6) is -0.545. The van der Waals surface area contributed by atoms with Gasteiger partial charge in [0.2, 0.25) is 0 Å². The fraction of sp³-hybridized carbons (Fsp3) is 1.00. The molecule has 0 bridgehead atoms.